The Balaban J connectivity index is 2.30. The maximum Gasteiger partial charge on any atom is 0.141 e. The summed E-state index contributed by atoms with van der Waals surface area (Å²) >= 11 is 0. The van der Waals surface area contributed by atoms with Crippen LogP contribution in [0.2, 0.25) is 0 Å². The Morgan fingerprint density at radius 2 is 2.15 bits per heavy atom. The molecule has 2 heteroatoms. The van der Waals surface area contributed by atoms with Gasteiger partial charge in [0, 0.05) is 0 Å². The molecule has 0 unspecified atom stereocenters. The van der Waals surface area contributed by atoms with Gasteiger partial charge in [-0.3, -0.25) is 0 Å². The number of nitriles is 1. The second-order valence-corrected chi connectivity index (χ2v) is 3.48. The molecule has 1 aromatic carbocycles. The summed E-state index contributed by atoms with van der Waals surface area (Å²) in [7, 11) is 0. The topological polar surface area (TPSA) is 23.8 Å². The third-order valence-electron chi connectivity index (χ3n) is 2.69. The van der Waals surface area contributed by atoms with Crippen LogP contribution in [-0.4, -0.2) is 0 Å². The van der Waals surface area contributed by atoms with Crippen molar-refractivity contribution in [2.75, 3.05) is 0 Å². The van der Waals surface area contributed by atoms with Crippen molar-refractivity contribution in [3.05, 3.63) is 35.1 Å². The normalized spacial score (nSPS) is 16.3. The number of halogens is 1. The Hall–Kier alpha value is -1.36. The van der Waals surface area contributed by atoms with Gasteiger partial charge in [0.25, 0.3) is 0 Å². The summed E-state index contributed by atoms with van der Waals surface area (Å²) in [4.78, 5) is 0. The number of hydrogen-bond donors (Lipinski definition) is 0. The molecule has 66 valence electrons. The van der Waals surface area contributed by atoms with Gasteiger partial charge in [0.1, 0.15) is 11.9 Å². The summed E-state index contributed by atoms with van der Waals surface area (Å²) in [6, 6.07) is 6.76. The fourth-order valence-corrected chi connectivity index (χ4v) is 1.62. The molecule has 0 aromatic heterocycles. The molecule has 0 spiro atoms. The number of hydrogen-bond acceptors (Lipinski definition) is 1. The van der Waals surface area contributed by atoms with E-state index >= 15 is 0 Å². The minimum atomic E-state index is -0.382. The predicted molar refractivity (Wildman–Crippen MR) is 47.7 cm³/mol. The van der Waals surface area contributed by atoms with Crippen LogP contribution in [0.5, 0.6) is 0 Å². The fraction of sp³-hybridized carbons (Fsp3) is 0.364. The lowest BCUT2D eigenvalue weighted by Gasteiger charge is -2.25. The third-order valence-corrected chi connectivity index (χ3v) is 2.69. The maximum atomic E-state index is 13.1. The van der Waals surface area contributed by atoms with Crippen LogP contribution in [0.25, 0.3) is 0 Å². The smallest absolute Gasteiger partial charge is 0.141 e. The Bertz CT molecular complexity index is 361. The number of nitrogens with zero attached hydrogens (tertiary/aromatic N) is 1. The van der Waals surface area contributed by atoms with Gasteiger partial charge < -0.3 is 0 Å². The third kappa shape index (κ3) is 1.42. The Morgan fingerprint density at radius 3 is 2.62 bits per heavy atom. The first kappa shape index (κ1) is 8.25. The van der Waals surface area contributed by atoms with E-state index in [1.54, 1.807) is 6.07 Å². The Labute approximate surface area is 76.8 Å². The van der Waals surface area contributed by atoms with E-state index in [0.717, 1.165) is 18.4 Å². The molecule has 1 fully saturated rings. The summed E-state index contributed by atoms with van der Waals surface area (Å²) in [5, 5.41) is 8.53. The van der Waals surface area contributed by atoms with E-state index in [1.165, 1.54) is 12.5 Å². The van der Waals surface area contributed by atoms with E-state index in [2.05, 4.69) is 0 Å². The van der Waals surface area contributed by atoms with Crippen LogP contribution in [0.3, 0.4) is 0 Å². The standard InChI is InChI=1S/C11H10FN/c12-11-6-9(8-2-1-3-8)4-5-10(11)7-13/h4-6,8H,1-3H2. The van der Waals surface area contributed by atoms with Crippen LogP contribution >= 0.6 is 0 Å². The lowest BCUT2D eigenvalue weighted by atomic mass is 9.80. The van der Waals surface area contributed by atoms with Gasteiger partial charge in [0.15, 0.2) is 0 Å². The highest BCUT2D eigenvalue weighted by Gasteiger charge is 2.20. The van der Waals surface area contributed by atoms with Gasteiger partial charge in [-0.05, 0) is 36.5 Å². The van der Waals surface area contributed by atoms with Gasteiger partial charge in [-0.25, -0.2) is 4.39 Å². The van der Waals surface area contributed by atoms with Crippen molar-refractivity contribution in [1.82, 2.24) is 0 Å². The summed E-state index contributed by atoms with van der Waals surface area (Å²) < 4.78 is 13.1. The zero-order valence-corrected chi connectivity index (χ0v) is 7.26. The Kier molecular flexibility index (Phi) is 2.02. The minimum absolute atomic E-state index is 0.142. The molecule has 1 aromatic rings. The lowest BCUT2D eigenvalue weighted by Crippen LogP contribution is -2.08. The highest BCUT2D eigenvalue weighted by Crippen LogP contribution is 2.36. The van der Waals surface area contributed by atoms with E-state index < -0.39 is 0 Å². The molecule has 0 N–H and O–H groups in total. The number of benzene rings is 1. The number of rotatable bonds is 1. The molecular formula is C11H10FN. The van der Waals surface area contributed by atoms with Crippen LogP contribution in [0.4, 0.5) is 4.39 Å². The van der Waals surface area contributed by atoms with Crippen molar-refractivity contribution >= 4 is 0 Å². The van der Waals surface area contributed by atoms with Gasteiger partial charge in [-0.15, -0.1) is 0 Å². The monoisotopic (exact) mass is 175 g/mol. The van der Waals surface area contributed by atoms with Crippen molar-refractivity contribution in [2.24, 2.45) is 0 Å². The molecule has 1 nitrogen and oxygen atoms in total. The molecule has 1 aliphatic rings. The van der Waals surface area contributed by atoms with Crippen LogP contribution in [-0.2, 0) is 0 Å². The average molecular weight is 175 g/mol. The van der Waals surface area contributed by atoms with Crippen LogP contribution in [0.15, 0.2) is 18.2 Å². The highest BCUT2D eigenvalue weighted by molar-refractivity contribution is 5.35. The SMILES string of the molecule is N#Cc1ccc(C2CCC2)cc1F. The predicted octanol–water partition coefficient (Wildman–Crippen LogP) is 2.96. The molecular weight excluding hydrogens is 165 g/mol. The van der Waals surface area contributed by atoms with Crippen molar-refractivity contribution in [2.45, 2.75) is 25.2 Å². The average Bonchev–Trinajstić information content (AvgIpc) is 2.01. The second kappa shape index (κ2) is 3.18. The van der Waals surface area contributed by atoms with Crippen molar-refractivity contribution in [3.8, 4) is 6.07 Å². The van der Waals surface area contributed by atoms with Gasteiger partial charge in [-0.2, -0.15) is 5.26 Å². The molecule has 0 aliphatic heterocycles. The zero-order valence-electron chi connectivity index (χ0n) is 7.26. The quantitative estimate of drug-likeness (QED) is 0.643. The van der Waals surface area contributed by atoms with Crippen LogP contribution in [0.1, 0.15) is 36.3 Å². The molecule has 2 rings (SSSR count). The summed E-state index contributed by atoms with van der Waals surface area (Å²) in [5.74, 6) is 0.147. The minimum Gasteiger partial charge on any atom is -0.206 e. The highest BCUT2D eigenvalue weighted by atomic mass is 19.1. The molecule has 0 amide bonds. The van der Waals surface area contributed by atoms with E-state index in [4.69, 9.17) is 5.26 Å². The molecule has 1 aliphatic carbocycles. The van der Waals surface area contributed by atoms with Crippen molar-refractivity contribution in [3.63, 3.8) is 0 Å². The fourth-order valence-electron chi connectivity index (χ4n) is 1.62. The van der Waals surface area contributed by atoms with Crippen LogP contribution in [0, 0.1) is 17.1 Å². The summed E-state index contributed by atoms with van der Waals surface area (Å²) in [6.07, 6.45) is 3.56. The van der Waals surface area contributed by atoms with E-state index in [1.807, 2.05) is 12.1 Å². The second-order valence-electron chi connectivity index (χ2n) is 3.48. The summed E-state index contributed by atoms with van der Waals surface area (Å²) in [6.45, 7) is 0. The van der Waals surface area contributed by atoms with Gasteiger partial charge >= 0.3 is 0 Å². The molecule has 1 saturated carbocycles. The molecule has 0 saturated heterocycles. The van der Waals surface area contributed by atoms with Crippen molar-refractivity contribution in [1.29, 1.82) is 5.26 Å². The van der Waals surface area contributed by atoms with Crippen molar-refractivity contribution < 1.29 is 4.39 Å². The van der Waals surface area contributed by atoms with Crippen LogP contribution < -0.4 is 0 Å². The Morgan fingerprint density at radius 1 is 1.38 bits per heavy atom. The van der Waals surface area contributed by atoms with Gasteiger partial charge in [0.05, 0.1) is 5.56 Å². The van der Waals surface area contributed by atoms with E-state index in [-0.39, 0.29) is 11.4 Å². The first-order valence-corrected chi connectivity index (χ1v) is 4.51. The lowest BCUT2D eigenvalue weighted by molar-refractivity contribution is 0.418. The zero-order chi connectivity index (χ0) is 9.26. The van der Waals surface area contributed by atoms with E-state index in [9.17, 15) is 4.39 Å². The van der Waals surface area contributed by atoms with Gasteiger partial charge in [0.2, 0.25) is 0 Å². The molecule has 0 bridgehead atoms. The summed E-state index contributed by atoms with van der Waals surface area (Å²) in [5.41, 5.74) is 1.19. The molecule has 0 radical (unpaired) electrons. The molecule has 13 heavy (non-hydrogen) atoms. The van der Waals surface area contributed by atoms with Gasteiger partial charge in [-0.1, -0.05) is 12.5 Å². The first-order valence-electron chi connectivity index (χ1n) is 4.51. The van der Waals surface area contributed by atoms with E-state index in [0.29, 0.717) is 5.92 Å². The maximum absolute atomic E-state index is 13.1. The largest absolute Gasteiger partial charge is 0.206 e. The first-order chi connectivity index (χ1) is 6.31. The molecule has 0 atom stereocenters. The molecule has 0 heterocycles.